The highest BCUT2D eigenvalue weighted by Gasteiger charge is 2.25. The molecule has 0 N–H and O–H groups in total. The van der Waals surface area contributed by atoms with E-state index in [9.17, 15) is 0 Å². The molecule has 48 heavy (non-hydrogen) atoms. The Hall–Kier alpha value is -6.52. The molecule has 0 amide bonds. The van der Waals surface area contributed by atoms with Gasteiger partial charge in [0.1, 0.15) is 5.82 Å². The first-order chi connectivity index (χ1) is 23.8. The van der Waals surface area contributed by atoms with Crippen LogP contribution in [0.2, 0.25) is 0 Å². The van der Waals surface area contributed by atoms with Gasteiger partial charge < -0.3 is 4.40 Å². The van der Waals surface area contributed by atoms with Crippen LogP contribution in [0, 0.1) is 0 Å². The van der Waals surface area contributed by atoms with Crippen molar-refractivity contribution in [2.45, 2.75) is 0 Å². The smallest absolute Gasteiger partial charge is 0.162 e. The van der Waals surface area contributed by atoms with Gasteiger partial charge in [-0.3, -0.25) is 4.57 Å². The third-order valence-corrected chi connectivity index (χ3v) is 10.0. The number of nitrogens with zero attached hydrogens (tertiary/aromatic N) is 4. The van der Waals surface area contributed by atoms with Crippen LogP contribution in [0.3, 0.4) is 0 Å². The zero-order chi connectivity index (χ0) is 31.3. The van der Waals surface area contributed by atoms with Crippen LogP contribution in [-0.4, -0.2) is 18.9 Å². The minimum atomic E-state index is 0.708. The number of hydrogen-bond donors (Lipinski definition) is 0. The Kier molecular flexibility index (Phi) is 5.08. The molecule has 0 aliphatic rings. The van der Waals surface area contributed by atoms with E-state index in [2.05, 4.69) is 161 Å². The van der Waals surface area contributed by atoms with E-state index < -0.39 is 0 Å². The van der Waals surface area contributed by atoms with E-state index in [-0.39, 0.29) is 0 Å². The Balaban J connectivity index is 1.30. The molecular weight excluding hydrogens is 585 g/mol. The quantitative estimate of drug-likeness (QED) is 0.199. The van der Waals surface area contributed by atoms with Crippen LogP contribution in [0.25, 0.3) is 99.1 Å². The molecule has 222 valence electrons. The molecule has 4 aromatic heterocycles. The largest absolute Gasteiger partial charge is 0.308 e. The van der Waals surface area contributed by atoms with Crippen LogP contribution in [0.1, 0.15) is 0 Å². The molecule has 0 aliphatic heterocycles. The maximum atomic E-state index is 5.44. The van der Waals surface area contributed by atoms with E-state index in [4.69, 9.17) is 9.97 Å². The average Bonchev–Trinajstić information content (AvgIpc) is 3.79. The SMILES string of the molecule is c1ccc(-c2cccc(-c3nc(-n4c5ccccc5c5c6c7ccccc7n7c8ccccc8c(cc54)c67)c4ccccc4n3)c2)cc1. The summed E-state index contributed by atoms with van der Waals surface area (Å²) in [5.74, 6) is 1.59. The third-order valence-electron chi connectivity index (χ3n) is 10.0. The summed E-state index contributed by atoms with van der Waals surface area (Å²) in [6.45, 7) is 0. The second-order valence-electron chi connectivity index (χ2n) is 12.6. The summed E-state index contributed by atoms with van der Waals surface area (Å²) in [4.78, 5) is 10.6. The van der Waals surface area contributed by atoms with E-state index in [1.807, 2.05) is 6.07 Å². The molecule has 4 nitrogen and oxygen atoms in total. The summed E-state index contributed by atoms with van der Waals surface area (Å²) in [5, 5.41) is 8.55. The van der Waals surface area contributed by atoms with Gasteiger partial charge >= 0.3 is 0 Å². The van der Waals surface area contributed by atoms with Crippen LogP contribution in [0.15, 0.2) is 158 Å². The topological polar surface area (TPSA) is 35.1 Å². The van der Waals surface area contributed by atoms with Gasteiger partial charge in [-0.2, -0.15) is 0 Å². The normalized spacial score (nSPS) is 12.2. The fourth-order valence-corrected chi connectivity index (χ4v) is 8.02. The Labute approximate surface area is 275 Å². The first kappa shape index (κ1) is 25.6. The van der Waals surface area contributed by atoms with Crippen LogP contribution in [0.5, 0.6) is 0 Å². The summed E-state index contributed by atoms with van der Waals surface area (Å²) in [6.07, 6.45) is 0. The molecule has 0 saturated carbocycles. The molecule has 11 rings (SSSR count). The number of para-hydroxylation sites is 4. The van der Waals surface area contributed by atoms with Gasteiger partial charge in [0, 0.05) is 43.3 Å². The first-order valence-electron chi connectivity index (χ1n) is 16.4. The number of fused-ring (bicyclic) bond motifs is 11. The predicted octanol–water partition coefficient (Wildman–Crippen LogP) is 11.2. The summed E-state index contributed by atoms with van der Waals surface area (Å²) < 4.78 is 4.83. The molecule has 0 aliphatic carbocycles. The molecule has 0 unspecified atom stereocenters. The monoisotopic (exact) mass is 610 g/mol. The van der Waals surface area contributed by atoms with Crippen molar-refractivity contribution in [3.63, 3.8) is 0 Å². The van der Waals surface area contributed by atoms with Crippen molar-refractivity contribution in [3.05, 3.63) is 158 Å². The molecule has 0 spiro atoms. The zero-order valence-electron chi connectivity index (χ0n) is 25.8. The summed E-state index contributed by atoms with van der Waals surface area (Å²) >= 11 is 0. The van der Waals surface area contributed by atoms with Gasteiger partial charge in [-0.15, -0.1) is 0 Å². The summed E-state index contributed by atoms with van der Waals surface area (Å²) in [5.41, 5.74) is 10.2. The molecule has 4 heterocycles. The lowest BCUT2D eigenvalue weighted by Gasteiger charge is -2.13. The van der Waals surface area contributed by atoms with Crippen LogP contribution < -0.4 is 0 Å². The van der Waals surface area contributed by atoms with E-state index in [1.165, 1.54) is 54.4 Å². The highest BCUT2D eigenvalue weighted by molar-refractivity contribution is 6.35. The number of benzene rings is 7. The molecule has 4 heteroatoms. The van der Waals surface area contributed by atoms with Crippen LogP contribution in [-0.2, 0) is 0 Å². The van der Waals surface area contributed by atoms with Crippen molar-refractivity contribution < 1.29 is 0 Å². The standard InChI is InChI=1S/C44H26N4/c1-2-13-27(14-3-1)28-15-12-16-29(25-28)43-45-35-21-8-4-18-31(35)44(46-43)48-38-24-11-6-19-32(38)40-39(48)26-34-30-17-5-9-22-36(30)47-37-23-10-7-20-33(37)41(40)42(34)47/h1-26H. The number of hydrogen-bond acceptors (Lipinski definition) is 2. The Morgan fingerprint density at radius 1 is 0.375 bits per heavy atom. The lowest BCUT2D eigenvalue weighted by molar-refractivity contribution is 1.08. The maximum Gasteiger partial charge on any atom is 0.162 e. The zero-order valence-corrected chi connectivity index (χ0v) is 25.8. The highest BCUT2D eigenvalue weighted by Crippen LogP contribution is 2.46. The molecule has 11 aromatic rings. The summed E-state index contributed by atoms with van der Waals surface area (Å²) in [6, 6.07) is 56.2. The van der Waals surface area contributed by atoms with E-state index >= 15 is 0 Å². The van der Waals surface area contributed by atoms with Gasteiger partial charge in [0.15, 0.2) is 5.82 Å². The van der Waals surface area contributed by atoms with Gasteiger partial charge in [0.2, 0.25) is 0 Å². The van der Waals surface area contributed by atoms with E-state index in [0.29, 0.717) is 5.82 Å². The molecule has 0 radical (unpaired) electrons. The minimum absolute atomic E-state index is 0.708. The van der Waals surface area contributed by atoms with Crippen molar-refractivity contribution >= 4 is 70.8 Å². The van der Waals surface area contributed by atoms with Crippen molar-refractivity contribution in [2.75, 3.05) is 0 Å². The molecule has 0 atom stereocenters. The Morgan fingerprint density at radius 2 is 0.979 bits per heavy atom. The lowest BCUT2D eigenvalue weighted by Crippen LogP contribution is -2.02. The number of rotatable bonds is 3. The van der Waals surface area contributed by atoms with Crippen molar-refractivity contribution in [1.82, 2.24) is 18.9 Å². The summed E-state index contributed by atoms with van der Waals surface area (Å²) in [7, 11) is 0. The Bertz CT molecular complexity index is 3060. The van der Waals surface area contributed by atoms with Gasteiger partial charge in [-0.25, -0.2) is 9.97 Å². The van der Waals surface area contributed by atoms with Gasteiger partial charge in [0.05, 0.1) is 33.1 Å². The van der Waals surface area contributed by atoms with Crippen LogP contribution >= 0.6 is 0 Å². The van der Waals surface area contributed by atoms with E-state index in [0.717, 1.165) is 38.9 Å². The fraction of sp³-hybridized carbons (Fsp3) is 0. The van der Waals surface area contributed by atoms with Gasteiger partial charge in [0.25, 0.3) is 0 Å². The van der Waals surface area contributed by atoms with Gasteiger partial charge in [-0.05, 0) is 53.6 Å². The van der Waals surface area contributed by atoms with Crippen LogP contribution in [0.4, 0.5) is 0 Å². The average molecular weight is 611 g/mol. The minimum Gasteiger partial charge on any atom is -0.308 e. The van der Waals surface area contributed by atoms with Crippen molar-refractivity contribution in [1.29, 1.82) is 0 Å². The molecule has 0 saturated heterocycles. The second kappa shape index (κ2) is 9.50. The highest BCUT2D eigenvalue weighted by atomic mass is 15.1. The number of aromatic nitrogens is 4. The first-order valence-corrected chi connectivity index (χ1v) is 16.4. The van der Waals surface area contributed by atoms with E-state index in [1.54, 1.807) is 0 Å². The van der Waals surface area contributed by atoms with Gasteiger partial charge in [-0.1, -0.05) is 115 Å². The third kappa shape index (κ3) is 3.38. The molecule has 0 fully saturated rings. The molecule has 7 aromatic carbocycles. The molecule has 0 bridgehead atoms. The van der Waals surface area contributed by atoms with Crippen molar-refractivity contribution in [3.8, 4) is 28.3 Å². The predicted molar refractivity (Wildman–Crippen MR) is 199 cm³/mol. The molecular formula is C44H26N4. The Morgan fingerprint density at radius 3 is 1.79 bits per heavy atom. The fourth-order valence-electron chi connectivity index (χ4n) is 8.02. The second-order valence-corrected chi connectivity index (χ2v) is 12.6. The van der Waals surface area contributed by atoms with Crippen molar-refractivity contribution in [2.24, 2.45) is 0 Å². The maximum absolute atomic E-state index is 5.44. The lowest BCUT2D eigenvalue weighted by atomic mass is 10.0.